The lowest BCUT2D eigenvalue weighted by atomic mass is 10.0. The number of hydrogen-bond acceptors (Lipinski definition) is 4. The summed E-state index contributed by atoms with van der Waals surface area (Å²) in [6.07, 6.45) is 5.05. The van der Waals surface area contributed by atoms with Crippen LogP contribution in [0.4, 0.5) is 13.2 Å². The van der Waals surface area contributed by atoms with E-state index in [-0.39, 0.29) is 23.4 Å². The number of nitrogens with zero attached hydrogens (tertiary/aromatic N) is 5. The lowest BCUT2D eigenvalue weighted by molar-refractivity contribution is -0.137. The van der Waals surface area contributed by atoms with Gasteiger partial charge < -0.3 is 9.80 Å². The van der Waals surface area contributed by atoms with Gasteiger partial charge in [0.1, 0.15) is 0 Å². The Morgan fingerprint density at radius 2 is 1.62 bits per heavy atom. The van der Waals surface area contributed by atoms with E-state index >= 15 is 0 Å². The number of benzene rings is 1. The molecule has 0 bridgehead atoms. The van der Waals surface area contributed by atoms with Gasteiger partial charge in [-0.2, -0.15) is 18.3 Å². The van der Waals surface area contributed by atoms with E-state index in [2.05, 4.69) is 16.1 Å². The number of halogens is 3. The zero-order valence-electron chi connectivity index (χ0n) is 21.5. The van der Waals surface area contributed by atoms with Crippen LogP contribution in [0.2, 0.25) is 0 Å². The maximum atomic E-state index is 13.6. The van der Waals surface area contributed by atoms with Crippen molar-refractivity contribution in [1.29, 1.82) is 0 Å². The Balaban J connectivity index is 1.14. The van der Waals surface area contributed by atoms with Gasteiger partial charge >= 0.3 is 6.18 Å². The van der Waals surface area contributed by atoms with Crippen LogP contribution >= 0.6 is 0 Å². The largest absolute Gasteiger partial charge is 0.416 e. The lowest BCUT2D eigenvalue weighted by Gasteiger charge is -2.33. The first-order valence-electron chi connectivity index (χ1n) is 13.5. The topological polar surface area (TPSA) is 71.3 Å². The first-order valence-corrected chi connectivity index (χ1v) is 13.5. The molecule has 2 saturated heterocycles. The minimum atomic E-state index is -4.49. The number of piperidine rings is 1. The van der Waals surface area contributed by atoms with E-state index in [1.807, 2.05) is 21.8 Å². The third-order valence-electron chi connectivity index (χ3n) is 8.19. The summed E-state index contributed by atoms with van der Waals surface area (Å²) in [5.41, 5.74) is 2.04. The molecule has 3 aliphatic rings. The van der Waals surface area contributed by atoms with E-state index in [4.69, 9.17) is 0 Å². The fourth-order valence-electron chi connectivity index (χ4n) is 5.92. The number of amides is 2. The van der Waals surface area contributed by atoms with Gasteiger partial charge in [0.05, 0.1) is 29.1 Å². The number of likely N-dealkylation sites (tertiary alicyclic amines) is 2. The highest BCUT2D eigenvalue weighted by atomic mass is 19.4. The second-order valence-corrected chi connectivity index (χ2v) is 10.8. The SMILES string of the molecule is O=C(c1cccc(C(F)(F)F)c1)N1CCC(n2ncc(C(=O)N3CCC(c4cccnc4)C3)c2C2CC2)CC1. The van der Waals surface area contributed by atoms with Gasteiger partial charge in [0, 0.05) is 56.0 Å². The third kappa shape index (κ3) is 5.16. The summed E-state index contributed by atoms with van der Waals surface area (Å²) in [6, 6.07) is 8.61. The highest BCUT2D eigenvalue weighted by Crippen LogP contribution is 2.44. The number of carbonyl (C=O) groups is 2. The second kappa shape index (κ2) is 10.1. The summed E-state index contributed by atoms with van der Waals surface area (Å²) in [5, 5.41) is 4.67. The van der Waals surface area contributed by atoms with Gasteiger partial charge in [0.25, 0.3) is 11.8 Å². The normalized spacial score (nSPS) is 20.4. The Hall–Kier alpha value is -3.69. The summed E-state index contributed by atoms with van der Waals surface area (Å²) in [7, 11) is 0. The van der Waals surface area contributed by atoms with Crippen molar-refractivity contribution in [3.05, 3.63) is 82.9 Å². The van der Waals surface area contributed by atoms with Crippen molar-refractivity contribution in [2.24, 2.45) is 0 Å². The Kier molecular flexibility index (Phi) is 6.64. The summed E-state index contributed by atoms with van der Waals surface area (Å²) in [6.45, 7) is 2.21. The van der Waals surface area contributed by atoms with Crippen LogP contribution in [0.3, 0.4) is 0 Å². The molecule has 204 valence electrons. The van der Waals surface area contributed by atoms with E-state index in [1.165, 1.54) is 12.1 Å². The number of alkyl halides is 3. The van der Waals surface area contributed by atoms with Gasteiger partial charge in [0.15, 0.2) is 0 Å². The first-order chi connectivity index (χ1) is 18.8. The van der Waals surface area contributed by atoms with Gasteiger partial charge in [-0.1, -0.05) is 12.1 Å². The van der Waals surface area contributed by atoms with Crippen LogP contribution in [0.25, 0.3) is 0 Å². The molecule has 1 aromatic carbocycles. The molecule has 7 nitrogen and oxygen atoms in total. The molecule has 10 heteroatoms. The molecule has 1 atom stereocenters. The molecule has 3 aromatic rings. The van der Waals surface area contributed by atoms with Gasteiger partial charge in [-0.05, 0) is 61.9 Å². The van der Waals surface area contributed by atoms with Crippen molar-refractivity contribution in [3.8, 4) is 0 Å². The molecule has 0 N–H and O–H groups in total. The number of carbonyl (C=O) groups excluding carboxylic acids is 2. The van der Waals surface area contributed by atoms with Gasteiger partial charge in [-0.3, -0.25) is 19.3 Å². The van der Waals surface area contributed by atoms with Crippen LogP contribution in [-0.4, -0.2) is 62.6 Å². The molecular weight excluding hydrogens is 507 g/mol. The maximum absolute atomic E-state index is 13.6. The molecule has 1 aliphatic carbocycles. The van der Waals surface area contributed by atoms with Crippen molar-refractivity contribution < 1.29 is 22.8 Å². The zero-order valence-corrected chi connectivity index (χ0v) is 21.5. The number of rotatable bonds is 5. The smallest absolute Gasteiger partial charge is 0.338 e. The monoisotopic (exact) mass is 537 g/mol. The van der Waals surface area contributed by atoms with Crippen LogP contribution < -0.4 is 0 Å². The molecule has 2 aromatic heterocycles. The first kappa shape index (κ1) is 25.6. The summed E-state index contributed by atoms with van der Waals surface area (Å²) >= 11 is 0. The molecule has 1 unspecified atom stereocenters. The molecule has 39 heavy (non-hydrogen) atoms. The predicted octanol–water partition coefficient (Wildman–Crippen LogP) is 5.28. The molecule has 2 amide bonds. The number of hydrogen-bond donors (Lipinski definition) is 0. The molecule has 4 heterocycles. The van der Waals surface area contributed by atoms with Crippen LogP contribution in [0.15, 0.2) is 55.0 Å². The molecule has 0 spiro atoms. The van der Waals surface area contributed by atoms with Crippen molar-refractivity contribution >= 4 is 11.8 Å². The summed E-state index contributed by atoms with van der Waals surface area (Å²) < 4.78 is 41.3. The van der Waals surface area contributed by atoms with E-state index in [9.17, 15) is 22.8 Å². The van der Waals surface area contributed by atoms with E-state index in [1.54, 1.807) is 17.3 Å². The predicted molar refractivity (Wildman–Crippen MR) is 137 cm³/mol. The average molecular weight is 538 g/mol. The minimum Gasteiger partial charge on any atom is -0.338 e. The fraction of sp³-hybridized carbons (Fsp3) is 0.448. The van der Waals surface area contributed by atoms with Crippen molar-refractivity contribution in [3.63, 3.8) is 0 Å². The standard InChI is InChI=1S/C29H30F3N5O2/c30-29(31,32)23-5-1-3-20(15-23)27(38)35-13-9-24(10-14-35)37-26(19-6-7-19)25(17-34-37)28(39)36-12-8-22(18-36)21-4-2-11-33-16-21/h1-5,11,15-17,19,22,24H,6-10,12-14,18H2. The highest BCUT2D eigenvalue weighted by molar-refractivity contribution is 5.96. The quantitative estimate of drug-likeness (QED) is 0.444. The summed E-state index contributed by atoms with van der Waals surface area (Å²) in [4.78, 5) is 34.3. The van der Waals surface area contributed by atoms with Crippen molar-refractivity contribution in [2.45, 2.75) is 56.2 Å². The average Bonchev–Trinajstić information content (AvgIpc) is 3.50. The zero-order chi connectivity index (χ0) is 27.1. The molecule has 0 radical (unpaired) electrons. The van der Waals surface area contributed by atoms with Gasteiger partial charge in [-0.25, -0.2) is 0 Å². The Morgan fingerprint density at radius 3 is 2.31 bits per heavy atom. The molecular formula is C29H30F3N5O2. The van der Waals surface area contributed by atoms with E-state index in [0.717, 1.165) is 42.7 Å². The fourth-order valence-corrected chi connectivity index (χ4v) is 5.92. The van der Waals surface area contributed by atoms with Crippen molar-refractivity contribution in [2.75, 3.05) is 26.2 Å². The third-order valence-corrected chi connectivity index (χ3v) is 8.19. The van der Waals surface area contributed by atoms with E-state index in [0.29, 0.717) is 50.5 Å². The Bertz CT molecular complexity index is 1360. The maximum Gasteiger partial charge on any atom is 0.416 e. The lowest BCUT2D eigenvalue weighted by Crippen LogP contribution is -2.39. The minimum absolute atomic E-state index is 0.0201. The van der Waals surface area contributed by atoms with Gasteiger partial charge in [-0.15, -0.1) is 0 Å². The van der Waals surface area contributed by atoms with Crippen LogP contribution in [-0.2, 0) is 6.18 Å². The number of aromatic nitrogens is 3. The van der Waals surface area contributed by atoms with E-state index < -0.39 is 17.6 Å². The molecule has 2 aliphatic heterocycles. The molecule has 6 rings (SSSR count). The van der Waals surface area contributed by atoms with Crippen LogP contribution in [0, 0.1) is 0 Å². The molecule has 3 fully saturated rings. The number of pyridine rings is 1. The van der Waals surface area contributed by atoms with Crippen molar-refractivity contribution in [1.82, 2.24) is 24.6 Å². The highest BCUT2D eigenvalue weighted by Gasteiger charge is 2.38. The second-order valence-electron chi connectivity index (χ2n) is 10.8. The summed E-state index contributed by atoms with van der Waals surface area (Å²) in [5.74, 6) is 0.218. The van der Waals surface area contributed by atoms with Gasteiger partial charge in [0.2, 0.25) is 0 Å². The van der Waals surface area contributed by atoms with Crippen LogP contribution in [0.1, 0.15) is 87.5 Å². The molecule has 1 saturated carbocycles. The van der Waals surface area contributed by atoms with Crippen LogP contribution in [0.5, 0.6) is 0 Å². The Morgan fingerprint density at radius 1 is 0.846 bits per heavy atom. The Labute approximate surface area is 224 Å².